The van der Waals surface area contributed by atoms with E-state index in [-0.39, 0.29) is 5.56 Å². The van der Waals surface area contributed by atoms with Crippen molar-refractivity contribution < 1.29 is 9.18 Å². The van der Waals surface area contributed by atoms with Gasteiger partial charge in [0.25, 0.3) is 5.91 Å². The van der Waals surface area contributed by atoms with Crippen LogP contribution in [0.3, 0.4) is 0 Å². The SMILES string of the molecule is Cc1ccc(C(=O)Nc2c(C)cc(C)cc2Br)c(F)c1. The molecule has 0 unspecified atom stereocenters. The van der Waals surface area contributed by atoms with Crippen LogP contribution in [0.2, 0.25) is 0 Å². The summed E-state index contributed by atoms with van der Waals surface area (Å²) in [7, 11) is 0. The van der Waals surface area contributed by atoms with Crippen LogP contribution in [0.5, 0.6) is 0 Å². The van der Waals surface area contributed by atoms with Crippen molar-refractivity contribution in [1.82, 2.24) is 0 Å². The second kappa shape index (κ2) is 5.75. The Bertz CT molecular complexity index is 659. The van der Waals surface area contributed by atoms with Crippen molar-refractivity contribution in [2.45, 2.75) is 20.8 Å². The number of carbonyl (C=O) groups excluding carboxylic acids is 1. The summed E-state index contributed by atoms with van der Waals surface area (Å²) >= 11 is 3.42. The highest BCUT2D eigenvalue weighted by Gasteiger charge is 2.14. The van der Waals surface area contributed by atoms with E-state index in [1.165, 1.54) is 12.1 Å². The number of aryl methyl sites for hydroxylation is 3. The first-order valence-electron chi connectivity index (χ1n) is 6.22. The summed E-state index contributed by atoms with van der Waals surface area (Å²) in [6.07, 6.45) is 0. The third-order valence-electron chi connectivity index (χ3n) is 3.04. The number of hydrogen-bond acceptors (Lipinski definition) is 1. The lowest BCUT2D eigenvalue weighted by atomic mass is 10.1. The molecule has 1 N–H and O–H groups in total. The fourth-order valence-corrected chi connectivity index (χ4v) is 2.83. The molecule has 1 amide bonds. The van der Waals surface area contributed by atoms with Crippen LogP contribution in [-0.2, 0) is 0 Å². The van der Waals surface area contributed by atoms with E-state index in [0.29, 0.717) is 5.69 Å². The zero-order chi connectivity index (χ0) is 14.9. The molecule has 0 atom stereocenters. The maximum absolute atomic E-state index is 13.8. The van der Waals surface area contributed by atoms with Crippen molar-refractivity contribution in [3.8, 4) is 0 Å². The Morgan fingerprint density at radius 3 is 2.40 bits per heavy atom. The second-order valence-corrected chi connectivity index (χ2v) is 5.73. The van der Waals surface area contributed by atoms with Crippen molar-refractivity contribution in [2.75, 3.05) is 5.32 Å². The van der Waals surface area contributed by atoms with E-state index in [1.54, 1.807) is 13.0 Å². The van der Waals surface area contributed by atoms with Crippen molar-refractivity contribution in [3.05, 3.63) is 62.9 Å². The Morgan fingerprint density at radius 1 is 1.10 bits per heavy atom. The molecule has 20 heavy (non-hydrogen) atoms. The van der Waals surface area contributed by atoms with Crippen molar-refractivity contribution in [3.63, 3.8) is 0 Å². The van der Waals surface area contributed by atoms with Crippen molar-refractivity contribution in [1.29, 1.82) is 0 Å². The van der Waals surface area contributed by atoms with Gasteiger partial charge < -0.3 is 5.32 Å². The number of anilines is 1. The Balaban J connectivity index is 2.33. The van der Waals surface area contributed by atoms with E-state index in [0.717, 1.165) is 21.2 Å². The molecular formula is C16H15BrFNO. The van der Waals surface area contributed by atoms with E-state index in [4.69, 9.17) is 0 Å². The number of amides is 1. The molecule has 0 radical (unpaired) electrons. The fraction of sp³-hybridized carbons (Fsp3) is 0.188. The third-order valence-corrected chi connectivity index (χ3v) is 3.66. The monoisotopic (exact) mass is 335 g/mol. The van der Waals surface area contributed by atoms with E-state index in [1.807, 2.05) is 26.0 Å². The number of rotatable bonds is 2. The Hall–Kier alpha value is -1.68. The maximum atomic E-state index is 13.8. The van der Waals surface area contributed by atoms with Gasteiger partial charge in [0.05, 0.1) is 11.3 Å². The molecule has 104 valence electrons. The van der Waals surface area contributed by atoms with Gasteiger partial charge in [0.15, 0.2) is 0 Å². The smallest absolute Gasteiger partial charge is 0.258 e. The van der Waals surface area contributed by atoms with Gasteiger partial charge in [-0.15, -0.1) is 0 Å². The lowest BCUT2D eigenvalue weighted by Crippen LogP contribution is -2.15. The van der Waals surface area contributed by atoms with E-state index < -0.39 is 11.7 Å². The molecule has 0 saturated heterocycles. The second-order valence-electron chi connectivity index (χ2n) is 4.88. The van der Waals surface area contributed by atoms with E-state index >= 15 is 0 Å². The highest BCUT2D eigenvalue weighted by atomic mass is 79.9. The lowest BCUT2D eigenvalue weighted by molar-refractivity contribution is 0.102. The highest BCUT2D eigenvalue weighted by Crippen LogP contribution is 2.28. The Labute approximate surface area is 126 Å². The topological polar surface area (TPSA) is 29.1 Å². The molecule has 2 aromatic carbocycles. The average molecular weight is 336 g/mol. The summed E-state index contributed by atoms with van der Waals surface area (Å²) in [6, 6.07) is 8.44. The average Bonchev–Trinajstić information content (AvgIpc) is 2.33. The zero-order valence-corrected chi connectivity index (χ0v) is 13.1. The predicted octanol–water partition coefficient (Wildman–Crippen LogP) is 4.77. The van der Waals surface area contributed by atoms with Crippen molar-refractivity contribution in [2.24, 2.45) is 0 Å². The number of halogens is 2. The lowest BCUT2D eigenvalue weighted by Gasteiger charge is -2.12. The minimum absolute atomic E-state index is 0.0440. The predicted molar refractivity (Wildman–Crippen MR) is 82.7 cm³/mol. The highest BCUT2D eigenvalue weighted by molar-refractivity contribution is 9.10. The Morgan fingerprint density at radius 2 is 1.80 bits per heavy atom. The fourth-order valence-electron chi connectivity index (χ4n) is 2.06. The minimum Gasteiger partial charge on any atom is -0.321 e. The molecule has 0 bridgehead atoms. The first kappa shape index (κ1) is 14.7. The van der Waals surface area contributed by atoms with Crippen LogP contribution in [0.1, 0.15) is 27.0 Å². The molecular weight excluding hydrogens is 321 g/mol. The molecule has 0 saturated carbocycles. The first-order valence-corrected chi connectivity index (χ1v) is 7.02. The summed E-state index contributed by atoms with van der Waals surface area (Å²) in [6.45, 7) is 5.66. The molecule has 2 aromatic rings. The maximum Gasteiger partial charge on any atom is 0.258 e. The molecule has 0 fully saturated rings. The van der Waals surface area contributed by atoms with Crippen LogP contribution in [-0.4, -0.2) is 5.91 Å². The van der Waals surface area contributed by atoms with Gasteiger partial charge in [0.1, 0.15) is 5.82 Å². The standard InChI is InChI=1S/C16H15BrFNO/c1-9-4-5-12(14(18)8-9)16(20)19-15-11(3)6-10(2)7-13(15)17/h4-8H,1-3H3,(H,19,20). The van der Waals surface area contributed by atoms with Gasteiger partial charge in [-0.2, -0.15) is 0 Å². The van der Waals surface area contributed by atoms with Crippen molar-refractivity contribution >= 4 is 27.5 Å². The van der Waals surface area contributed by atoms with Crippen LogP contribution in [0, 0.1) is 26.6 Å². The summed E-state index contributed by atoms with van der Waals surface area (Å²) in [5, 5.41) is 2.76. The number of benzene rings is 2. The quantitative estimate of drug-likeness (QED) is 0.841. The van der Waals surface area contributed by atoms with E-state index in [9.17, 15) is 9.18 Å². The number of hydrogen-bond donors (Lipinski definition) is 1. The molecule has 0 aliphatic rings. The van der Waals surface area contributed by atoms with Gasteiger partial charge in [-0.1, -0.05) is 12.1 Å². The number of carbonyl (C=O) groups is 1. The third kappa shape index (κ3) is 3.07. The summed E-state index contributed by atoms with van der Waals surface area (Å²) in [5.74, 6) is -0.960. The van der Waals surface area contributed by atoms with Gasteiger partial charge in [-0.25, -0.2) is 4.39 Å². The van der Waals surface area contributed by atoms with Crippen LogP contribution in [0.15, 0.2) is 34.8 Å². The first-order chi connectivity index (χ1) is 9.38. The minimum atomic E-state index is -0.511. The molecule has 2 nitrogen and oxygen atoms in total. The normalized spacial score (nSPS) is 10.4. The molecule has 4 heteroatoms. The van der Waals surface area contributed by atoms with Crippen LogP contribution in [0.4, 0.5) is 10.1 Å². The van der Waals surface area contributed by atoms with Gasteiger partial charge >= 0.3 is 0 Å². The molecule has 0 aliphatic heterocycles. The zero-order valence-electron chi connectivity index (χ0n) is 11.6. The molecule has 0 heterocycles. The van der Waals surface area contributed by atoms with Gasteiger partial charge in [0.2, 0.25) is 0 Å². The van der Waals surface area contributed by atoms with Gasteiger partial charge in [-0.05, 0) is 71.6 Å². The molecule has 0 aliphatic carbocycles. The Kier molecular flexibility index (Phi) is 4.23. The summed E-state index contributed by atoms with van der Waals surface area (Å²) in [4.78, 5) is 12.2. The molecule has 0 aromatic heterocycles. The largest absolute Gasteiger partial charge is 0.321 e. The number of nitrogens with one attached hydrogen (secondary N) is 1. The van der Waals surface area contributed by atoms with Gasteiger partial charge in [0, 0.05) is 4.47 Å². The van der Waals surface area contributed by atoms with Crippen LogP contribution < -0.4 is 5.32 Å². The summed E-state index contributed by atoms with van der Waals surface area (Å²) < 4.78 is 14.6. The van der Waals surface area contributed by atoms with Crippen LogP contribution >= 0.6 is 15.9 Å². The van der Waals surface area contributed by atoms with Crippen LogP contribution in [0.25, 0.3) is 0 Å². The summed E-state index contributed by atoms with van der Waals surface area (Å²) in [5.41, 5.74) is 3.52. The molecule has 0 spiro atoms. The van der Waals surface area contributed by atoms with Gasteiger partial charge in [-0.3, -0.25) is 4.79 Å². The van der Waals surface area contributed by atoms with E-state index in [2.05, 4.69) is 21.2 Å². The molecule has 2 rings (SSSR count).